The van der Waals surface area contributed by atoms with Gasteiger partial charge in [0.05, 0.1) is 24.9 Å². The van der Waals surface area contributed by atoms with E-state index in [1.165, 1.54) is 37.2 Å². The Hall–Kier alpha value is -1.13. The Morgan fingerprint density at radius 3 is 2.59 bits per heavy atom. The highest BCUT2D eigenvalue weighted by molar-refractivity contribution is 5.45. The predicted octanol–water partition coefficient (Wildman–Crippen LogP) is 3.04. The summed E-state index contributed by atoms with van der Waals surface area (Å²) >= 11 is 0. The number of nitrogens with zero attached hydrogens (tertiary/aromatic N) is 2. The average molecular weight is 303 g/mol. The SMILES string of the molecule is CCC(C)(C)c1cncc(NC2CCN(C3COC3)CC2)c1. The number of ether oxygens (including phenoxy) is 1. The maximum absolute atomic E-state index is 5.30. The molecule has 1 N–H and O–H groups in total. The lowest BCUT2D eigenvalue weighted by Gasteiger charge is -2.41. The first-order chi connectivity index (χ1) is 10.6. The lowest BCUT2D eigenvalue weighted by molar-refractivity contribution is -0.0705. The maximum Gasteiger partial charge on any atom is 0.0645 e. The molecular formula is C18H29N3O. The monoisotopic (exact) mass is 303 g/mol. The number of aromatic nitrogens is 1. The van der Waals surface area contributed by atoms with Crippen molar-refractivity contribution in [3.8, 4) is 0 Å². The summed E-state index contributed by atoms with van der Waals surface area (Å²) in [6.45, 7) is 11.0. The topological polar surface area (TPSA) is 37.4 Å². The van der Waals surface area contributed by atoms with E-state index in [1.807, 2.05) is 12.4 Å². The molecular weight excluding hydrogens is 274 g/mol. The minimum Gasteiger partial charge on any atom is -0.381 e. The molecule has 3 heterocycles. The Bertz CT molecular complexity index is 491. The third-order valence-electron chi connectivity index (χ3n) is 5.44. The van der Waals surface area contributed by atoms with Gasteiger partial charge in [-0.1, -0.05) is 20.8 Å². The van der Waals surface area contributed by atoms with Crippen LogP contribution in [-0.2, 0) is 10.2 Å². The van der Waals surface area contributed by atoms with Crippen LogP contribution in [0.15, 0.2) is 18.5 Å². The molecule has 0 atom stereocenters. The van der Waals surface area contributed by atoms with E-state index in [9.17, 15) is 0 Å². The van der Waals surface area contributed by atoms with Crippen molar-refractivity contribution in [3.63, 3.8) is 0 Å². The van der Waals surface area contributed by atoms with E-state index >= 15 is 0 Å². The summed E-state index contributed by atoms with van der Waals surface area (Å²) < 4.78 is 5.30. The summed E-state index contributed by atoms with van der Waals surface area (Å²) in [5, 5.41) is 3.69. The number of pyridine rings is 1. The van der Waals surface area contributed by atoms with Crippen molar-refractivity contribution in [1.29, 1.82) is 0 Å². The smallest absolute Gasteiger partial charge is 0.0645 e. The van der Waals surface area contributed by atoms with Crippen LogP contribution in [0.2, 0.25) is 0 Å². The lowest BCUT2D eigenvalue weighted by atomic mass is 9.83. The van der Waals surface area contributed by atoms with E-state index in [-0.39, 0.29) is 5.41 Å². The van der Waals surface area contributed by atoms with Crippen LogP contribution in [0.1, 0.15) is 45.6 Å². The number of hydrogen-bond donors (Lipinski definition) is 1. The Kier molecular flexibility index (Phi) is 4.69. The zero-order valence-electron chi connectivity index (χ0n) is 14.1. The second kappa shape index (κ2) is 6.55. The molecule has 0 aliphatic carbocycles. The highest BCUT2D eigenvalue weighted by Crippen LogP contribution is 2.28. The minimum absolute atomic E-state index is 0.193. The van der Waals surface area contributed by atoms with Gasteiger partial charge in [0.1, 0.15) is 0 Å². The van der Waals surface area contributed by atoms with Crippen LogP contribution >= 0.6 is 0 Å². The van der Waals surface area contributed by atoms with Crippen molar-refractivity contribution < 1.29 is 4.74 Å². The largest absolute Gasteiger partial charge is 0.381 e. The molecule has 0 saturated carbocycles. The van der Waals surface area contributed by atoms with E-state index in [0.717, 1.165) is 19.6 Å². The Morgan fingerprint density at radius 1 is 1.27 bits per heavy atom. The van der Waals surface area contributed by atoms with Crippen LogP contribution in [0.5, 0.6) is 0 Å². The fourth-order valence-electron chi connectivity index (χ4n) is 3.17. The molecule has 2 aliphatic heterocycles. The third-order valence-corrected chi connectivity index (χ3v) is 5.44. The molecule has 4 heteroatoms. The van der Waals surface area contributed by atoms with E-state index in [0.29, 0.717) is 12.1 Å². The molecule has 22 heavy (non-hydrogen) atoms. The number of nitrogens with one attached hydrogen (secondary N) is 1. The highest BCUT2D eigenvalue weighted by atomic mass is 16.5. The first-order valence-electron chi connectivity index (χ1n) is 8.62. The number of rotatable bonds is 5. The molecule has 0 radical (unpaired) electrons. The van der Waals surface area contributed by atoms with Gasteiger partial charge >= 0.3 is 0 Å². The van der Waals surface area contributed by atoms with Gasteiger partial charge in [0, 0.05) is 31.5 Å². The van der Waals surface area contributed by atoms with Gasteiger partial charge in [-0.2, -0.15) is 0 Å². The normalized spacial score (nSPS) is 21.6. The van der Waals surface area contributed by atoms with Gasteiger partial charge < -0.3 is 10.1 Å². The second-order valence-electron chi connectivity index (χ2n) is 7.35. The zero-order valence-corrected chi connectivity index (χ0v) is 14.1. The molecule has 0 aromatic carbocycles. The number of hydrogen-bond acceptors (Lipinski definition) is 4. The molecule has 2 aliphatic rings. The molecule has 4 nitrogen and oxygen atoms in total. The molecule has 3 rings (SSSR count). The van der Waals surface area contributed by atoms with Crippen LogP contribution in [0.3, 0.4) is 0 Å². The van der Waals surface area contributed by atoms with Gasteiger partial charge in [-0.25, -0.2) is 0 Å². The third kappa shape index (κ3) is 3.44. The van der Waals surface area contributed by atoms with Crippen molar-refractivity contribution in [3.05, 3.63) is 24.0 Å². The lowest BCUT2D eigenvalue weighted by Crippen LogP contribution is -2.53. The number of piperidine rings is 1. The molecule has 1 aromatic rings. The predicted molar refractivity (Wildman–Crippen MR) is 90.4 cm³/mol. The van der Waals surface area contributed by atoms with Crippen molar-refractivity contribution in [2.45, 2.75) is 57.5 Å². The minimum atomic E-state index is 0.193. The van der Waals surface area contributed by atoms with Gasteiger partial charge in [0.15, 0.2) is 0 Å². The van der Waals surface area contributed by atoms with E-state index in [4.69, 9.17) is 4.74 Å². The molecule has 0 amide bonds. The average Bonchev–Trinajstić information content (AvgIpc) is 2.48. The molecule has 0 bridgehead atoms. The van der Waals surface area contributed by atoms with Crippen molar-refractivity contribution in [2.75, 3.05) is 31.6 Å². The quantitative estimate of drug-likeness (QED) is 0.907. The van der Waals surface area contributed by atoms with Crippen LogP contribution in [0, 0.1) is 0 Å². The summed E-state index contributed by atoms with van der Waals surface area (Å²) in [6.07, 6.45) is 7.51. The van der Waals surface area contributed by atoms with Crippen LogP contribution < -0.4 is 5.32 Å². The first kappa shape index (κ1) is 15.8. The van der Waals surface area contributed by atoms with Crippen LogP contribution in [0.25, 0.3) is 0 Å². The Labute approximate surface area is 134 Å². The van der Waals surface area contributed by atoms with Gasteiger partial charge in [-0.05, 0) is 36.3 Å². The van der Waals surface area contributed by atoms with Gasteiger partial charge in [-0.15, -0.1) is 0 Å². The standard InChI is InChI=1S/C18H29N3O/c1-4-18(2,3)14-9-16(11-19-10-14)20-15-5-7-21(8-6-15)17-12-22-13-17/h9-11,15,17,20H,4-8,12-13H2,1-3H3. The Morgan fingerprint density at radius 2 is 2.00 bits per heavy atom. The van der Waals surface area contributed by atoms with Gasteiger partial charge in [-0.3, -0.25) is 9.88 Å². The fourth-order valence-corrected chi connectivity index (χ4v) is 3.17. The van der Waals surface area contributed by atoms with Crippen molar-refractivity contribution in [2.24, 2.45) is 0 Å². The summed E-state index contributed by atoms with van der Waals surface area (Å²) in [4.78, 5) is 7.02. The van der Waals surface area contributed by atoms with Gasteiger partial charge in [0.25, 0.3) is 0 Å². The number of likely N-dealkylation sites (tertiary alicyclic amines) is 1. The molecule has 2 saturated heterocycles. The van der Waals surface area contributed by atoms with Crippen LogP contribution in [-0.4, -0.2) is 48.3 Å². The molecule has 1 aromatic heterocycles. The first-order valence-corrected chi connectivity index (χ1v) is 8.62. The Balaban J connectivity index is 1.56. The summed E-state index contributed by atoms with van der Waals surface area (Å²) in [7, 11) is 0. The summed E-state index contributed by atoms with van der Waals surface area (Å²) in [6, 6.07) is 3.53. The summed E-state index contributed by atoms with van der Waals surface area (Å²) in [5.74, 6) is 0. The zero-order chi connectivity index (χ0) is 15.6. The molecule has 0 spiro atoms. The van der Waals surface area contributed by atoms with E-state index in [1.54, 1.807) is 0 Å². The van der Waals surface area contributed by atoms with E-state index < -0.39 is 0 Å². The molecule has 122 valence electrons. The number of anilines is 1. The van der Waals surface area contributed by atoms with E-state index in [2.05, 4.69) is 42.0 Å². The highest BCUT2D eigenvalue weighted by Gasteiger charge is 2.29. The second-order valence-corrected chi connectivity index (χ2v) is 7.35. The fraction of sp³-hybridized carbons (Fsp3) is 0.722. The maximum atomic E-state index is 5.30. The molecule has 0 unspecified atom stereocenters. The molecule has 2 fully saturated rings. The van der Waals surface area contributed by atoms with Crippen molar-refractivity contribution in [1.82, 2.24) is 9.88 Å². The van der Waals surface area contributed by atoms with Crippen molar-refractivity contribution >= 4 is 5.69 Å². The van der Waals surface area contributed by atoms with Crippen LogP contribution in [0.4, 0.5) is 5.69 Å². The van der Waals surface area contributed by atoms with Gasteiger partial charge in [0.2, 0.25) is 0 Å². The summed E-state index contributed by atoms with van der Waals surface area (Å²) in [5.41, 5.74) is 2.69.